The fraction of sp³-hybridized carbons (Fsp3) is 0.625. The van der Waals surface area contributed by atoms with Gasteiger partial charge in [0.25, 0.3) is 0 Å². The second-order valence-corrected chi connectivity index (χ2v) is 7.34. The number of hydrogen-bond acceptors (Lipinski definition) is 3. The van der Waals surface area contributed by atoms with Crippen LogP contribution in [0.25, 0.3) is 0 Å². The van der Waals surface area contributed by atoms with Gasteiger partial charge >= 0.3 is 0 Å². The Bertz CT molecular complexity index is 398. The van der Waals surface area contributed by atoms with Crippen LogP contribution in [0.4, 0.5) is 0 Å². The standard InChI is InChI=1S/C16H26BrNOS/c1-5-18-15(11-20-10-12(2)3)9-13-8-14(17)6-7-16(13)19-4/h6-8,12,15,18H,5,9-11H2,1-4H3. The zero-order valence-corrected chi connectivity index (χ0v) is 15.3. The lowest BCUT2D eigenvalue weighted by Gasteiger charge is -2.20. The summed E-state index contributed by atoms with van der Waals surface area (Å²) >= 11 is 5.58. The highest BCUT2D eigenvalue weighted by molar-refractivity contribution is 9.10. The van der Waals surface area contributed by atoms with E-state index in [4.69, 9.17) is 4.74 Å². The first-order valence-electron chi connectivity index (χ1n) is 7.20. The van der Waals surface area contributed by atoms with Gasteiger partial charge in [-0.2, -0.15) is 11.8 Å². The predicted molar refractivity (Wildman–Crippen MR) is 94.0 cm³/mol. The van der Waals surface area contributed by atoms with Crippen LogP contribution in [-0.4, -0.2) is 31.2 Å². The normalized spacial score (nSPS) is 12.7. The molecule has 0 aliphatic rings. The van der Waals surface area contributed by atoms with Gasteiger partial charge in [-0.05, 0) is 48.4 Å². The van der Waals surface area contributed by atoms with Gasteiger partial charge in [0, 0.05) is 16.3 Å². The van der Waals surface area contributed by atoms with Gasteiger partial charge in [-0.1, -0.05) is 36.7 Å². The van der Waals surface area contributed by atoms with Crippen molar-refractivity contribution in [2.45, 2.75) is 33.2 Å². The molecule has 0 heterocycles. The van der Waals surface area contributed by atoms with Crippen molar-refractivity contribution in [1.82, 2.24) is 5.32 Å². The number of benzene rings is 1. The summed E-state index contributed by atoms with van der Waals surface area (Å²) < 4.78 is 6.58. The molecule has 1 aromatic carbocycles. The Morgan fingerprint density at radius 2 is 2.05 bits per heavy atom. The van der Waals surface area contributed by atoms with Crippen LogP contribution in [0.3, 0.4) is 0 Å². The van der Waals surface area contributed by atoms with E-state index >= 15 is 0 Å². The summed E-state index contributed by atoms with van der Waals surface area (Å²) in [6.45, 7) is 7.71. The van der Waals surface area contributed by atoms with Crippen molar-refractivity contribution in [1.29, 1.82) is 0 Å². The van der Waals surface area contributed by atoms with Gasteiger partial charge in [-0.15, -0.1) is 0 Å². The van der Waals surface area contributed by atoms with Gasteiger partial charge in [0.1, 0.15) is 5.75 Å². The van der Waals surface area contributed by atoms with Crippen molar-refractivity contribution >= 4 is 27.7 Å². The molecule has 1 N–H and O–H groups in total. The predicted octanol–water partition coefficient (Wildman–Crippen LogP) is 4.37. The molecule has 2 nitrogen and oxygen atoms in total. The second-order valence-electron chi connectivity index (χ2n) is 5.35. The molecule has 0 spiro atoms. The molecule has 1 rings (SSSR count). The third kappa shape index (κ3) is 6.51. The molecule has 0 bridgehead atoms. The zero-order valence-electron chi connectivity index (χ0n) is 12.9. The maximum Gasteiger partial charge on any atom is 0.122 e. The fourth-order valence-electron chi connectivity index (χ4n) is 2.10. The molecule has 0 aliphatic heterocycles. The minimum absolute atomic E-state index is 0.493. The molecule has 0 aliphatic carbocycles. The van der Waals surface area contributed by atoms with Crippen LogP contribution in [0, 0.1) is 5.92 Å². The summed E-state index contributed by atoms with van der Waals surface area (Å²) in [4.78, 5) is 0. The molecule has 0 amide bonds. The third-order valence-corrected chi connectivity index (χ3v) is 5.01. The first-order valence-corrected chi connectivity index (χ1v) is 9.15. The largest absolute Gasteiger partial charge is 0.496 e. The quantitative estimate of drug-likeness (QED) is 0.707. The summed E-state index contributed by atoms with van der Waals surface area (Å²) in [5, 5.41) is 3.58. The van der Waals surface area contributed by atoms with E-state index < -0.39 is 0 Å². The van der Waals surface area contributed by atoms with Crippen LogP contribution >= 0.6 is 27.7 Å². The van der Waals surface area contributed by atoms with E-state index in [0.29, 0.717) is 6.04 Å². The number of rotatable bonds is 9. The Kier molecular flexibility index (Phi) is 8.66. The van der Waals surface area contributed by atoms with E-state index in [2.05, 4.69) is 48.1 Å². The van der Waals surface area contributed by atoms with Crippen LogP contribution in [-0.2, 0) is 6.42 Å². The van der Waals surface area contributed by atoms with E-state index in [-0.39, 0.29) is 0 Å². The highest BCUT2D eigenvalue weighted by Crippen LogP contribution is 2.25. The summed E-state index contributed by atoms with van der Waals surface area (Å²) in [7, 11) is 1.74. The molecule has 0 saturated heterocycles. The molecule has 1 atom stereocenters. The Hall–Kier alpha value is -0.190. The van der Waals surface area contributed by atoms with Crippen molar-refractivity contribution in [2.75, 3.05) is 25.2 Å². The van der Waals surface area contributed by atoms with Crippen LogP contribution in [0.15, 0.2) is 22.7 Å². The average molecular weight is 360 g/mol. The Morgan fingerprint density at radius 3 is 2.65 bits per heavy atom. The summed E-state index contributed by atoms with van der Waals surface area (Å²) in [6.07, 6.45) is 1.00. The maximum atomic E-state index is 5.47. The highest BCUT2D eigenvalue weighted by Gasteiger charge is 2.13. The summed E-state index contributed by atoms with van der Waals surface area (Å²) in [5.74, 6) is 4.09. The molecule has 0 aromatic heterocycles. The third-order valence-electron chi connectivity index (χ3n) is 2.97. The molecule has 1 unspecified atom stereocenters. The van der Waals surface area contributed by atoms with Crippen molar-refractivity contribution < 1.29 is 4.74 Å². The van der Waals surface area contributed by atoms with Gasteiger partial charge in [-0.25, -0.2) is 0 Å². The lowest BCUT2D eigenvalue weighted by atomic mass is 10.1. The fourth-order valence-corrected chi connectivity index (χ4v) is 3.63. The molecule has 114 valence electrons. The monoisotopic (exact) mass is 359 g/mol. The lowest BCUT2D eigenvalue weighted by Crippen LogP contribution is -2.33. The van der Waals surface area contributed by atoms with Crippen molar-refractivity contribution in [3.05, 3.63) is 28.2 Å². The van der Waals surface area contributed by atoms with E-state index in [9.17, 15) is 0 Å². The number of hydrogen-bond donors (Lipinski definition) is 1. The molecule has 1 aromatic rings. The topological polar surface area (TPSA) is 21.3 Å². The number of likely N-dealkylation sites (N-methyl/N-ethyl adjacent to an activating group) is 1. The molecule has 4 heteroatoms. The first-order chi connectivity index (χ1) is 9.56. The van der Waals surface area contributed by atoms with Gasteiger partial charge in [0.2, 0.25) is 0 Å². The van der Waals surface area contributed by atoms with E-state index in [1.54, 1.807) is 7.11 Å². The van der Waals surface area contributed by atoms with E-state index in [0.717, 1.165) is 34.9 Å². The average Bonchev–Trinajstić information content (AvgIpc) is 2.38. The minimum Gasteiger partial charge on any atom is -0.496 e. The Labute approximate surface area is 136 Å². The van der Waals surface area contributed by atoms with E-state index in [1.807, 2.05) is 23.9 Å². The number of halogens is 1. The van der Waals surface area contributed by atoms with Crippen molar-refractivity contribution in [3.8, 4) is 5.75 Å². The van der Waals surface area contributed by atoms with Crippen LogP contribution in [0.5, 0.6) is 5.75 Å². The molecule has 0 saturated carbocycles. The molecular formula is C16H26BrNOS. The van der Waals surface area contributed by atoms with Gasteiger partial charge < -0.3 is 10.1 Å². The summed E-state index contributed by atoms with van der Waals surface area (Å²) in [5.41, 5.74) is 1.26. The lowest BCUT2D eigenvalue weighted by molar-refractivity contribution is 0.406. The zero-order chi connectivity index (χ0) is 15.0. The molecule has 0 radical (unpaired) electrons. The van der Waals surface area contributed by atoms with E-state index in [1.165, 1.54) is 11.3 Å². The SMILES string of the molecule is CCNC(CSCC(C)C)Cc1cc(Br)ccc1OC. The van der Waals surface area contributed by atoms with Gasteiger partial charge in [0.15, 0.2) is 0 Å². The number of ether oxygens (including phenoxy) is 1. The minimum atomic E-state index is 0.493. The molecule has 20 heavy (non-hydrogen) atoms. The van der Waals surface area contributed by atoms with Crippen LogP contribution in [0.1, 0.15) is 26.3 Å². The maximum absolute atomic E-state index is 5.47. The molecular weight excluding hydrogens is 334 g/mol. The van der Waals surface area contributed by atoms with Crippen LogP contribution in [0.2, 0.25) is 0 Å². The van der Waals surface area contributed by atoms with Crippen molar-refractivity contribution in [3.63, 3.8) is 0 Å². The number of methoxy groups -OCH3 is 1. The second kappa shape index (κ2) is 9.69. The Morgan fingerprint density at radius 1 is 1.30 bits per heavy atom. The van der Waals surface area contributed by atoms with Crippen LogP contribution < -0.4 is 10.1 Å². The number of thioether (sulfide) groups is 1. The molecule has 0 fully saturated rings. The Balaban J connectivity index is 2.66. The highest BCUT2D eigenvalue weighted by atomic mass is 79.9. The van der Waals surface area contributed by atoms with Gasteiger partial charge in [0.05, 0.1) is 7.11 Å². The smallest absolute Gasteiger partial charge is 0.122 e. The number of nitrogens with one attached hydrogen (secondary N) is 1. The first kappa shape index (κ1) is 17.9. The summed E-state index contributed by atoms with van der Waals surface area (Å²) in [6, 6.07) is 6.71. The van der Waals surface area contributed by atoms with Gasteiger partial charge in [-0.3, -0.25) is 0 Å². The van der Waals surface area contributed by atoms with Crippen molar-refractivity contribution in [2.24, 2.45) is 5.92 Å².